The molecule has 2 heterocycles. The molecule has 1 amide bonds. The minimum absolute atomic E-state index is 0.0690. The van der Waals surface area contributed by atoms with Gasteiger partial charge in [-0.25, -0.2) is 4.98 Å². The Hall–Kier alpha value is -2.56. The Morgan fingerprint density at radius 2 is 2.20 bits per heavy atom. The molecule has 132 valence electrons. The topological polar surface area (TPSA) is 54.5 Å². The molecule has 25 heavy (non-hydrogen) atoms. The number of nitrogens with one attached hydrogen (secondary N) is 1. The number of pyridine rings is 1. The van der Waals surface area contributed by atoms with Crippen LogP contribution in [0.2, 0.25) is 0 Å². The Labute approximate surface area is 149 Å². The Balaban J connectivity index is 1.60. The number of aryl methyl sites for hydroxylation is 1. The third-order valence-electron chi connectivity index (χ3n) is 4.64. The zero-order valence-corrected chi connectivity index (χ0v) is 14.9. The molecule has 1 atom stereocenters. The van der Waals surface area contributed by atoms with Crippen molar-refractivity contribution in [3.63, 3.8) is 0 Å². The molecular weight excluding hydrogens is 314 g/mol. The molecule has 5 heteroatoms. The van der Waals surface area contributed by atoms with Crippen LogP contribution in [0.4, 0.5) is 5.82 Å². The molecule has 1 aliphatic heterocycles. The van der Waals surface area contributed by atoms with Gasteiger partial charge >= 0.3 is 0 Å². The van der Waals surface area contributed by atoms with Gasteiger partial charge < -0.3 is 15.0 Å². The maximum Gasteiger partial charge on any atom is 0.254 e. The first-order chi connectivity index (χ1) is 12.2. The minimum Gasteiger partial charge on any atom is -0.493 e. The van der Waals surface area contributed by atoms with Crippen molar-refractivity contribution in [1.29, 1.82) is 0 Å². The largest absolute Gasteiger partial charge is 0.493 e. The highest BCUT2D eigenvalue weighted by Crippen LogP contribution is 2.22. The molecule has 0 radical (unpaired) electrons. The number of para-hydroxylation sites is 1. The summed E-state index contributed by atoms with van der Waals surface area (Å²) in [5.74, 6) is 2.07. The first-order valence-corrected chi connectivity index (χ1v) is 8.79. The van der Waals surface area contributed by atoms with Gasteiger partial charge in [-0.1, -0.05) is 18.2 Å². The summed E-state index contributed by atoms with van der Waals surface area (Å²) < 4.78 is 5.99. The number of carbonyl (C=O) groups excluding carboxylic acids is 1. The number of hydrogen-bond donors (Lipinski definition) is 1. The first kappa shape index (κ1) is 17.3. The van der Waals surface area contributed by atoms with E-state index in [0.717, 1.165) is 37.2 Å². The third kappa shape index (κ3) is 4.29. The van der Waals surface area contributed by atoms with Crippen molar-refractivity contribution in [2.24, 2.45) is 5.92 Å². The zero-order chi connectivity index (χ0) is 17.6. The summed E-state index contributed by atoms with van der Waals surface area (Å²) in [5.41, 5.74) is 1.82. The lowest BCUT2D eigenvalue weighted by molar-refractivity contribution is 0.0633. The summed E-state index contributed by atoms with van der Waals surface area (Å²) in [6.45, 7) is 4.24. The predicted octanol–water partition coefficient (Wildman–Crippen LogP) is 3.36. The average Bonchev–Trinajstić information content (AvgIpc) is 2.67. The van der Waals surface area contributed by atoms with Crippen LogP contribution in [0.15, 0.2) is 42.6 Å². The lowest BCUT2D eigenvalue weighted by Gasteiger charge is -2.33. The van der Waals surface area contributed by atoms with Crippen molar-refractivity contribution in [2.45, 2.75) is 19.8 Å². The predicted molar refractivity (Wildman–Crippen MR) is 99.1 cm³/mol. The van der Waals surface area contributed by atoms with Crippen LogP contribution in [-0.2, 0) is 0 Å². The summed E-state index contributed by atoms with van der Waals surface area (Å²) >= 11 is 0. The highest BCUT2D eigenvalue weighted by atomic mass is 16.5. The number of carbonyl (C=O) groups is 1. The molecule has 3 rings (SSSR count). The van der Waals surface area contributed by atoms with Gasteiger partial charge in [-0.15, -0.1) is 0 Å². The summed E-state index contributed by atoms with van der Waals surface area (Å²) in [7, 11) is 1.80. The van der Waals surface area contributed by atoms with Gasteiger partial charge in [0.2, 0.25) is 0 Å². The van der Waals surface area contributed by atoms with Crippen LogP contribution in [0.5, 0.6) is 5.75 Å². The molecule has 0 unspecified atom stereocenters. The van der Waals surface area contributed by atoms with E-state index in [1.807, 2.05) is 23.1 Å². The van der Waals surface area contributed by atoms with Crippen LogP contribution in [0, 0.1) is 12.8 Å². The van der Waals surface area contributed by atoms with Gasteiger partial charge in [-0.3, -0.25) is 4.79 Å². The number of ether oxygens (including phenoxy) is 1. The van der Waals surface area contributed by atoms with Gasteiger partial charge in [-0.2, -0.15) is 0 Å². The summed E-state index contributed by atoms with van der Waals surface area (Å²) in [5, 5.41) is 2.98. The maximum absolute atomic E-state index is 12.8. The zero-order valence-electron chi connectivity index (χ0n) is 14.9. The Morgan fingerprint density at radius 3 is 3.00 bits per heavy atom. The van der Waals surface area contributed by atoms with Gasteiger partial charge in [0, 0.05) is 37.8 Å². The van der Waals surface area contributed by atoms with Crippen molar-refractivity contribution >= 4 is 11.7 Å². The van der Waals surface area contributed by atoms with Crippen LogP contribution in [0.3, 0.4) is 0 Å². The second-order valence-corrected chi connectivity index (χ2v) is 6.52. The first-order valence-electron chi connectivity index (χ1n) is 8.79. The van der Waals surface area contributed by atoms with E-state index in [-0.39, 0.29) is 5.91 Å². The van der Waals surface area contributed by atoms with Gasteiger partial charge in [0.25, 0.3) is 5.91 Å². The standard InChI is InChI=1S/C20H25N3O2/c1-15-6-3-4-8-18(15)25-14-16-7-5-11-23(13-16)20(24)17-9-10-22-19(12-17)21-2/h3-4,6,8-10,12,16H,5,7,11,13-14H2,1-2H3,(H,21,22)/t16-/m1/s1. The van der Waals surface area contributed by atoms with E-state index in [1.54, 1.807) is 25.4 Å². The van der Waals surface area contributed by atoms with E-state index >= 15 is 0 Å². The number of likely N-dealkylation sites (tertiary alicyclic amines) is 1. The Morgan fingerprint density at radius 1 is 1.36 bits per heavy atom. The number of benzene rings is 1. The molecule has 1 N–H and O–H groups in total. The second kappa shape index (κ2) is 8.01. The van der Waals surface area contributed by atoms with Crippen LogP contribution in [0.1, 0.15) is 28.8 Å². The van der Waals surface area contributed by atoms with E-state index in [9.17, 15) is 4.79 Å². The van der Waals surface area contributed by atoms with Crippen LogP contribution in [0.25, 0.3) is 0 Å². The fourth-order valence-corrected chi connectivity index (χ4v) is 3.19. The van der Waals surface area contributed by atoms with Gasteiger partial charge in [-0.05, 0) is 43.5 Å². The molecule has 0 saturated carbocycles. The number of piperidine rings is 1. The van der Waals surface area contributed by atoms with E-state index < -0.39 is 0 Å². The lowest BCUT2D eigenvalue weighted by atomic mass is 9.98. The smallest absolute Gasteiger partial charge is 0.254 e. The van der Waals surface area contributed by atoms with Gasteiger partial charge in [0.15, 0.2) is 0 Å². The summed E-state index contributed by atoms with van der Waals surface area (Å²) in [6, 6.07) is 11.6. The number of hydrogen-bond acceptors (Lipinski definition) is 4. The Kier molecular flexibility index (Phi) is 5.53. The van der Waals surface area contributed by atoms with Crippen molar-refractivity contribution in [1.82, 2.24) is 9.88 Å². The van der Waals surface area contributed by atoms with E-state index in [0.29, 0.717) is 23.9 Å². The molecule has 1 fully saturated rings. The van der Waals surface area contributed by atoms with Crippen molar-refractivity contribution < 1.29 is 9.53 Å². The molecule has 1 aromatic carbocycles. The van der Waals surface area contributed by atoms with Crippen molar-refractivity contribution in [3.8, 4) is 5.75 Å². The van der Waals surface area contributed by atoms with E-state index in [2.05, 4.69) is 23.3 Å². The quantitative estimate of drug-likeness (QED) is 0.907. The molecule has 2 aromatic rings. The van der Waals surface area contributed by atoms with E-state index in [1.165, 1.54) is 0 Å². The summed E-state index contributed by atoms with van der Waals surface area (Å²) in [6.07, 6.45) is 3.77. The number of anilines is 1. The number of nitrogens with zero attached hydrogens (tertiary/aromatic N) is 2. The average molecular weight is 339 g/mol. The SMILES string of the molecule is CNc1cc(C(=O)N2CCC[C@@H](COc3ccccc3C)C2)ccn1. The molecule has 1 aromatic heterocycles. The molecule has 0 spiro atoms. The van der Waals surface area contributed by atoms with Crippen LogP contribution >= 0.6 is 0 Å². The van der Waals surface area contributed by atoms with Crippen molar-refractivity contribution in [3.05, 3.63) is 53.7 Å². The fourth-order valence-electron chi connectivity index (χ4n) is 3.19. The van der Waals surface area contributed by atoms with Gasteiger partial charge in [0.05, 0.1) is 6.61 Å². The fraction of sp³-hybridized carbons (Fsp3) is 0.400. The molecular formula is C20H25N3O2. The molecule has 1 saturated heterocycles. The second-order valence-electron chi connectivity index (χ2n) is 6.52. The molecule has 5 nitrogen and oxygen atoms in total. The molecule has 0 aliphatic carbocycles. The highest BCUT2D eigenvalue weighted by Gasteiger charge is 2.25. The minimum atomic E-state index is 0.0690. The monoisotopic (exact) mass is 339 g/mol. The van der Waals surface area contributed by atoms with Crippen LogP contribution < -0.4 is 10.1 Å². The normalized spacial score (nSPS) is 17.2. The molecule has 1 aliphatic rings. The number of aromatic nitrogens is 1. The highest BCUT2D eigenvalue weighted by molar-refractivity contribution is 5.94. The van der Waals surface area contributed by atoms with Crippen molar-refractivity contribution in [2.75, 3.05) is 32.1 Å². The van der Waals surface area contributed by atoms with Crippen LogP contribution in [-0.4, -0.2) is 42.5 Å². The Bertz CT molecular complexity index is 732. The number of rotatable bonds is 5. The number of amides is 1. The third-order valence-corrected chi connectivity index (χ3v) is 4.64. The van der Waals surface area contributed by atoms with E-state index in [4.69, 9.17) is 4.74 Å². The lowest BCUT2D eigenvalue weighted by Crippen LogP contribution is -2.41. The maximum atomic E-state index is 12.8. The molecule has 0 bridgehead atoms. The summed E-state index contributed by atoms with van der Waals surface area (Å²) in [4.78, 5) is 18.9. The van der Waals surface area contributed by atoms with Gasteiger partial charge in [0.1, 0.15) is 11.6 Å².